The molecule has 0 amide bonds. The number of ether oxygens (including phenoxy) is 4. The van der Waals surface area contributed by atoms with Gasteiger partial charge in [-0.25, -0.2) is 0 Å². The summed E-state index contributed by atoms with van der Waals surface area (Å²) in [6.07, 6.45) is 6.95. The first kappa shape index (κ1) is 17.7. The third-order valence-corrected chi connectivity index (χ3v) is 6.54. The lowest BCUT2D eigenvalue weighted by Gasteiger charge is -2.49. The van der Waals surface area contributed by atoms with E-state index in [-0.39, 0.29) is 10.8 Å². The Morgan fingerprint density at radius 2 is 1.39 bits per heavy atom. The number of hydrogen-bond donors (Lipinski definition) is 0. The van der Waals surface area contributed by atoms with Crippen LogP contribution in [0.25, 0.3) is 0 Å². The molecule has 3 fully saturated rings. The van der Waals surface area contributed by atoms with Crippen LogP contribution in [0.5, 0.6) is 0 Å². The van der Waals surface area contributed by atoms with Crippen molar-refractivity contribution in [1.29, 1.82) is 0 Å². The standard InChI is InChI=1S/C19H34O4/c1-4-17(10-20-11-17)14-22-19(9-7-6-8-16(19)3)23-15-18(5-2)12-21-13-18/h16H,4-15H2,1-3H3. The van der Waals surface area contributed by atoms with Crippen molar-refractivity contribution in [2.45, 2.75) is 65.1 Å². The summed E-state index contributed by atoms with van der Waals surface area (Å²) in [5, 5.41) is 0. The van der Waals surface area contributed by atoms with Gasteiger partial charge < -0.3 is 18.9 Å². The van der Waals surface area contributed by atoms with E-state index in [4.69, 9.17) is 18.9 Å². The summed E-state index contributed by atoms with van der Waals surface area (Å²) in [5.74, 6) is 0.0642. The Morgan fingerprint density at radius 1 is 0.870 bits per heavy atom. The highest BCUT2D eigenvalue weighted by molar-refractivity contribution is 4.90. The summed E-state index contributed by atoms with van der Waals surface area (Å²) in [6, 6.07) is 0. The Labute approximate surface area is 141 Å². The highest BCUT2D eigenvalue weighted by atomic mass is 16.7. The van der Waals surface area contributed by atoms with Crippen molar-refractivity contribution >= 4 is 0 Å². The molecule has 2 aliphatic heterocycles. The summed E-state index contributed by atoms with van der Waals surface area (Å²) in [4.78, 5) is 0. The second-order valence-corrected chi connectivity index (χ2v) is 8.23. The molecule has 3 aliphatic rings. The lowest BCUT2D eigenvalue weighted by molar-refractivity contribution is -0.319. The molecule has 0 spiro atoms. The molecular formula is C19H34O4. The van der Waals surface area contributed by atoms with E-state index in [1.807, 2.05) is 0 Å². The zero-order valence-corrected chi connectivity index (χ0v) is 15.2. The highest BCUT2D eigenvalue weighted by Gasteiger charge is 2.47. The third kappa shape index (κ3) is 3.46. The van der Waals surface area contributed by atoms with Crippen molar-refractivity contribution in [3.8, 4) is 0 Å². The van der Waals surface area contributed by atoms with Gasteiger partial charge >= 0.3 is 0 Å². The second kappa shape index (κ2) is 6.99. The van der Waals surface area contributed by atoms with Gasteiger partial charge in [0.1, 0.15) is 0 Å². The molecule has 23 heavy (non-hydrogen) atoms. The molecule has 0 N–H and O–H groups in total. The zero-order valence-electron chi connectivity index (χ0n) is 15.2. The molecule has 1 atom stereocenters. The largest absolute Gasteiger partial charge is 0.380 e. The maximum absolute atomic E-state index is 6.55. The zero-order chi connectivity index (χ0) is 16.4. The van der Waals surface area contributed by atoms with Crippen LogP contribution < -0.4 is 0 Å². The van der Waals surface area contributed by atoms with E-state index in [1.165, 1.54) is 19.3 Å². The molecule has 0 aromatic rings. The molecule has 0 bridgehead atoms. The Balaban J connectivity index is 1.64. The van der Waals surface area contributed by atoms with Gasteiger partial charge in [0.2, 0.25) is 0 Å². The Kier molecular flexibility index (Phi) is 5.37. The molecule has 0 aromatic heterocycles. The highest BCUT2D eigenvalue weighted by Crippen LogP contribution is 2.43. The number of hydrogen-bond acceptors (Lipinski definition) is 4. The van der Waals surface area contributed by atoms with Gasteiger partial charge in [-0.2, -0.15) is 0 Å². The monoisotopic (exact) mass is 326 g/mol. The van der Waals surface area contributed by atoms with Crippen LogP contribution in [-0.4, -0.2) is 45.4 Å². The summed E-state index contributed by atoms with van der Waals surface area (Å²) < 4.78 is 24.0. The van der Waals surface area contributed by atoms with Gasteiger partial charge in [0.25, 0.3) is 0 Å². The molecule has 3 rings (SSSR count). The molecule has 0 radical (unpaired) electrons. The van der Waals surface area contributed by atoms with E-state index in [2.05, 4.69) is 20.8 Å². The molecule has 4 heteroatoms. The number of rotatable bonds is 8. The molecule has 2 saturated heterocycles. The van der Waals surface area contributed by atoms with Crippen LogP contribution in [0.4, 0.5) is 0 Å². The second-order valence-electron chi connectivity index (χ2n) is 8.23. The predicted molar refractivity (Wildman–Crippen MR) is 89.4 cm³/mol. The van der Waals surface area contributed by atoms with Crippen molar-refractivity contribution in [3.05, 3.63) is 0 Å². The van der Waals surface area contributed by atoms with Gasteiger partial charge in [-0.15, -0.1) is 0 Å². The van der Waals surface area contributed by atoms with Gasteiger partial charge in [-0.1, -0.05) is 27.2 Å². The minimum Gasteiger partial charge on any atom is -0.380 e. The maximum atomic E-state index is 6.55. The SMILES string of the molecule is CCC1(COC2(OCC3(CC)COC3)CCCCC2C)COC1. The van der Waals surface area contributed by atoms with Crippen molar-refractivity contribution in [3.63, 3.8) is 0 Å². The van der Waals surface area contributed by atoms with Crippen LogP contribution in [0.3, 0.4) is 0 Å². The van der Waals surface area contributed by atoms with Gasteiger partial charge in [0.05, 0.1) is 39.6 Å². The van der Waals surface area contributed by atoms with Crippen LogP contribution in [0.2, 0.25) is 0 Å². The minimum atomic E-state index is -0.395. The molecule has 4 nitrogen and oxygen atoms in total. The van der Waals surface area contributed by atoms with Crippen LogP contribution in [0.1, 0.15) is 59.3 Å². The maximum Gasteiger partial charge on any atom is 0.170 e. The predicted octanol–water partition coefficient (Wildman–Crippen LogP) is 3.78. The molecule has 0 aromatic carbocycles. The van der Waals surface area contributed by atoms with Crippen molar-refractivity contribution < 1.29 is 18.9 Å². The van der Waals surface area contributed by atoms with Gasteiger partial charge in [-0.05, 0) is 25.7 Å². The lowest BCUT2D eigenvalue weighted by atomic mass is 9.81. The first-order valence-corrected chi connectivity index (χ1v) is 9.51. The quantitative estimate of drug-likeness (QED) is 0.636. The molecule has 1 unspecified atom stereocenters. The van der Waals surface area contributed by atoms with Crippen molar-refractivity contribution in [2.24, 2.45) is 16.7 Å². The fraction of sp³-hybridized carbons (Fsp3) is 1.00. The van der Waals surface area contributed by atoms with Crippen molar-refractivity contribution in [1.82, 2.24) is 0 Å². The van der Waals surface area contributed by atoms with Crippen LogP contribution in [0.15, 0.2) is 0 Å². The average Bonchev–Trinajstić information content (AvgIpc) is 2.49. The normalized spacial score (nSPS) is 31.2. The van der Waals surface area contributed by atoms with E-state index in [0.29, 0.717) is 5.92 Å². The Morgan fingerprint density at radius 3 is 1.74 bits per heavy atom. The van der Waals surface area contributed by atoms with Crippen LogP contribution in [-0.2, 0) is 18.9 Å². The minimum absolute atomic E-state index is 0.218. The smallest absolute Gasteiger partial charge is 0.170 e. The molecule has 1 saturated carbocycles. The van der Waals surface area contributed by atoms with Gasteiger partial charge in [-0.3, -0.25) is 0 Å². The fourth-order valence-corrected chi connectivity index (χ4v) is 3.87. The molecule has 2 heterocycles. The summed E-state index contributed by atoms with van der Waals surface area (Å²) in [6.45, 7) is 11.6. The molecule has 134 valence electrons. The molecular weight excluding hydrogens is 292 g/mol. The Hall–Kier alpha value is -0.160. The van der Waals surface area contributed by atoms with Gasteiger partial charge in [0, 0.05) is 23.2 Å². The van der Waals surface area contributed by atoms with E-state index >= 15 is 0 Å². The van der Waals surface area contributed by atoms with Gasteiger partial charge in [0.15, 0.2) is 5.79 Å². The van der Waals surface area contributed by atoms with Crippen molar-refractivity contribution in [2.75, 3.05) is 39.6 Å². The fourth-order valence-electron chi connectivity index (χ4n) is 3.87. The summed E-state index contributed by atoms with van der Waals surface area (Å²) in [5.41, 5.74) is 0.436. The van der Waals surface area contributed by atoms with E-state index in [1.54, 1.807) is 0 Å². The topological polar surface area (TPSA) is 36.9 Å². The molecule has 1 aliphatic carbocycles. The van der Waals surface area contributed by atoms with E-state index in [0.717, 1.165) is 58.9 Å². The van der Waals surface area contributed by atoms with E-state index < -0.39 is 5.79 Å². The van der Waals surface area contributed by atoms with E-state index in [9.17, 15) is 0 Å². The summed E-state index contributed by atoms with van der Waals surface area (Å²) in [7, 11) is 0. The third-order valence-electron chi connectivity index (χ3n) is 6.54. The first-order valence-electron chi connectivity index (χ1n) is 9.51. The average molecular weight is 326 g/mol. The van der Waals surface area contributed by atoms with Crippen LogP contribution in [0, 0.1) is 16.7 Å². The Bertz CT molecular complexity index is 350. The van der Waals surface area contributed by atoms with Crippen LogP contribution >= 0.6 is 0 Å². The first-order chi connectivity index (χ1) is 11.1. The lowest BCUT2D eigenvalue weighted by Crippen LogP contribution is -2.54. The summed E-state index contributed by atoms with van der Waals surface area (Å²) >= 11 is 0.